The van der Waals surface area contributed by atoms with Gasteiger partial charge in [0.05, 0.1) is 7.11 Å². The molecule has 112 valence electrons. The molecular weight excluding hydrogens is 292 g/mol. The maximum atomic E-state index is 12.0. The lowest BCUT2D eigenvalue weighted by Crippen LogP contribution is -2.15. The van der Waals surface area contributed by atoms with E-state index in [0.29, 0.717) is 22.2 Å². The lowest BCUT2D eigenvalue weighted by Gasteiger charge is -2.10. The quantitative estimate of drug-likeness (QED) is 0.846. The van der Waals surface area contributed by atoms with Gasteiger partial charge in [-0.05, 0) is 25.5 Å². The lowest BCUT2D eigenvalue weighted by atomic mass is 10.1. The fourth-order valence-corrected chi connectivity index (χ4v) is 2.03. The first kappa shape index (κ1) is 15.4. The molecule has 2 aromatic rings. The van der Waals surface area contributed by atoms with Crippen molar-refractivity contribution in [2.24, 2.45) is 0 Å². The summed E-state index contributed by atoms with van der Waals surface area (Å²) in [6.07, 6.45) is 0.883. The van der Waals surface area contributed by atoms with E-state index in [1.54, 1.807) is 18.2 Å². The summed E-state index contributed by atoms with van der Waals surface area (Å²) < 4.78 is 10.1. The number of nitrogens with zero attached hydrogens (tertiary/aromatic N) is 1. The van der Waals surface area contributed by atoms with Gasteiger partial charge in [-0.25, -0.2) is 4.79 Å². The van der Waals surface area contributed by atoms with E-state index < -0.39 is 5.97 Å². The number of nitrogens with one attached hydrogen (secondary N) is 1. The van der Waals surface area contributed by atoms with Crippen LogP contribution < -0.4 is 5.32 Å². The molecule has 0 amide bonds. The number of methoxy groups -OCH3 is 1. The van der Waals surface area contributed by atoms with Gasteiger partial charge in [-0.2, -0.15) is 0 Å². The number of anilines is 1. The van der Waals surface area contributed by atoms with Crippen molar-refractivity contribution in [3.8, 4) is 11.3 Å². The van der Waals surface area contributed by atoms with E-state index in [0.717, 1.165) is 6.42 Å². The highest BCUT2D eigenvalue weighted by molar-refractivity contribution is 6.30. The van der Waals surface area contributed by atoms with Gasteiger partial charge in [0.25, 0.3) is 0 Å². The molecule has 0 bridgehead atoms. The normalized spacial score (nSPS) is 12.0. The smallest absolute Gasteiger partial charge is 0.345 e. The van der Waals surface area contributed by atoms with Crippen molar-refractivity contribution in [3.63, 3.8) is 0 Å². The van der Waals surface area contributed by atoms with Gasteiger partial charge in [0.1, 0.15) is 5.69 Å². The van der Waals surface area contributed by atoms with Gasteiger partial charge in [-0.15, -0.1) is 0 Å². The van der Waals surface area contributed by atoms with Gasteiger partial charge >= 0.3 is 5.97 Å². The Bertz CT molecular complexity index is 640. The van der Waals surface area contributed by atoms with E-state index >= 15 is 0 Å². The minimum absolute atomic E-state index is 0.147. The van der Waals surface area contributed by atoms with Crippen molar-refractivity contribution in [1.82, 2.24) is 5.16 Å². The molecule has 0 saturated heterocycles. The Hall–Kier alpha value is -2.01. The second-order valence-corrected chi connectivity index (χ2v) is 5.13. The molecule has 21 heavy (non-hydrogen) atoms. The van der Waals surface area contributed by atoms with Crippen molar-refractivity contribution in [2.45, 2.75) is 26.3 Å². The first-order valence-corrected chi connectivity index (χ1v) is 7.05. The number of aromatic nitrogens is 1. The first-order valence-electron chi connectivity index (χ1n) is 6.67. The third-order valence-corrected chi connectivity index (χ3v) is 3.40. The van der Waals surface area contributed by atoms with Crippen molar-refractivity contribution in [1.29, 1.82) is 0 Å². The van der Waals surface area contributed by atoms with Gasteiger partial charge in [0.15, 0.2) is 5.56 Å². The molecule has 1 N–H and O–H groups in total. The number of carbonyl (C=O) groups excluding carboxylic acids is 1. The van der Waals surface area contributed by atoms with Crippen molar-refractivity contribution in [2.75, 3.05) is 12.4 Å². The standard InChI is InChI=1S/C15H17ClN2O3/c1-4-9(2)17-14-12(15(19)20-3)13(18-21-14)10-6-5-7-11(16)8-10/h5-9,17H,4H2,1-3H3/t9-/m1/s1. The maximum absolute atomic E-state index is 12.0. The van der Waals surface area contributed by atoms with E-state index in [-0.39, 0.29) is 11.6 Å². The van der Waals surface area contributed by atoms with Crippen molar-refractivity contribution >= 4 is 23.5 Å². The van der Waals surface area contributed by atoms with Crippen LogP contribution in [0.15, 0.2) is 28.8 Å². The van der Waals surface area contributed by atoms with Gasteiger partial charge in [0.2, 0.25) is 5.88 Å². The molecule has 0 unspecified atom stereocenters. The zero-order valence-electron chi connectivity index (χ0n) is 12.1. The highest BCUT2D eigenvalue weighted by atomic mass is 35.5. The van der Waals surface area contributed by atoms with Crippen LogP contribution in [0.2, 0.25) is 5.02 Å². The molecule has 0 aliphatic carbocycles. The molecular formula is C15H17ClN2O3. The third kappa shape index (κ3) is 3.36. The molecule has 0 fully saturated rings. The van der Waals surface area contributed by atoms with Crippen LogP contribution in [-0.2, 0) is 4.74 Å². The maximum Gasteiger partial charge on any atom is 0.345 e. The van der Waals surface area contributed by atoms with Crippen LogP contribution in [0.25, 0.3) is 11.3 Å². The molecule has 0 aliphatic rings. The predicted molar refractivity (Wildman–Crippen MR) is 81.7 cm³/mol. The predicted octanol–water partition coefficient (Wildman–Crippen LogP) is 3.99. The number of ether oxygens (including phenoxy) is 1. The van der Waals surface area contributed by atoms with Crippen LogP contribution in [0, 0.1) is 0 Å². The summed E-state index contributed by atoms with van der Waals surface area (Å²) in [7, 11) is 1.32. The van der Waals surface area contributed by atoms with Crippen LogP contribution in [0.4, 0.5) is 5.88 Å². The Balaban J connectivity index is 2.49. The Morgan fingerprint density at radius 3 is 2.90 bits per heavy atom. The highest BCUT2D eigenvalue weighted by Gasteiger charge is 2.25. The van der Waals surface area contributed by atoms with E-state index in [1.165, 1.54) is 7.11 Å². The molecule has 6 heteroatoms. The van der Waals surface area contributed by atoms with Crippen LogP contribution in [-0.4, -0.2) is 24.3 Å². The van der Waals surface area contributed by atoms with Crippen LogP contribution in [0.1, 0.15) is 30.6 Å². The summed E-state index contributed by atoms with van der Waals surface area (Å²) in [4.78, 5) is 12.0. The van der Waals surface area contributed by atoms with E-state index in [2.05, 4.69) is 10.5 Å². The second-order valence-electron chi connectivity index (χ2n) is 4.69. The molecule has 1 heterocycles. The number of halogens is 1. The summed E-state index contributed by atoms with van der Waals surface area (Å²) in [6.45, 7) is 4.02. The molecule has 1 aromatic carbocycles. The van der Waals surface area contributed by atoms with Crippen LogP contribution in [0.5, 0.6) is 0 Å². The van der Waals surface area contributed by atoms with Gasteiger partial charge in [-0.3, -0.25) is 0 Å². The van der Waals surface area contributed by atoms with E-state index in [9.17, 15) is 4.79 Å². The third-order valence-electron chi connectivity index (χ3n) is 3.17. The Kier molecular flexibility index (Phi) is 4.85. The van der Waals surface area contributed by atoms with Crippen molar-refractivity contribution < 1.29 is 14.1 Å². The Labute approximate surface area is 128 Å². The molecule has 2 rings (SSSR count). The van der Waals surface area contributed by atoms with E-state index in [1.807, 2.05) is 19.9 Å². The van der Waals surface area contributed by atoms with Crippen molar-refractivity contribution in [3.05, 3.63) is 34.9 Å². The van der Waals surface area contributed by atoms with Gasteiger partial charge in [0, 0.05) is 16.6 Å². The highest BCUT2D eigenvalue weighted by Crippen LogP contribution is 2.31. The van der Waals surface area contributed by atoms with Crippen LogP contribution in [0.3, 0.4) is 0 Å². The fraction of sp³-hybridized carbons (Fsp3) is 0.333. The number of carbonyl (C=O) groups is 1. The summed E-state index contributed by atoms with van der Waals surface area (Å²) in [5.41, 5.74) is 1.39. The molecule has 0 aliphatic heterocycles. The molecule has 0 spiro atoms. The van der Waals surface area contributed by atoms with E-state index in [4.69, 9.17) is 20.9 Å². The molecule has 5 nitrogen and oxygen atoms in total. The average molecular weight is 309 g/mol. The molecule has 1 atom stereocenters. The summed E-state index contributed by atoms with van der Waals surface area (Å²) in [6, 6.07) is 7.21. The SMILES string of the molecule is CC[C@@H](C)Nc1onc(-c2cccc(Cl)c2)c1C(=O)OC. The first-order chi connectivity index (χ1) is 10.1. The second kappa shape index (κ2) is 6.63. The number of hydrogen-bond acceptors (Lipinski definition) is 5. The zero-order chi connectivity index (χ0) is 15.4. The molecule has 1 aromatic heterocycles. The topological polar surface area (TPSA) is 64.4 Å². The number of hydrogen-bond donors (Lipinski definition) is 1. The van der Waals surface area contributed by atoms with Crippen LogP contribution >= 0.6 is 11.6 Å². The lowest BCUT2D eigenvalue weighted by molar-refractivity contribution is 0.0602. The van der Waals surface area contributed by atoms with Gasteiger partial charge in [-0.1, -0.05) is 35.8 Å². The number of benzene rings is 1. The summed E-state index contributed by atoms with van der Waals surface area (Å²) in [5, 5.41) is 7.66. The minimum Gasteiger partial charge on any atom is -0.465 e. The van der Waals surface area contributed by atoms with Gasteiger partial charge < -0.3 is 14.6 Å². The summed E-state index contributed by atoms with van der Waals surface area (Å²) in [5.74, 6) is -0.191. The fourth-order valence-electron chi connectivity index (χ4n) is 1.84. The zero-order valence-corrected chi connectivity index (χ0v) is 12.9. The Morgan fingerprint density at radius 1 is 1.52 bits per heavy atom. The summed E-state index contributed by atoms with van der Waals surface area (Å²) >= 11 is 5.98. The monoisotopic (exact) mass is 308 g/mol. The molecule has 0 saturated carbocycles. The minimum atomic E-state index is -0.503. The largest absolute Gasteiger partial charge is 0.465 e. The number of esters is 1. The molecule has 0 radical (unpaired) electrons. The average Bonchev–Trinajstić information content (AvgIpc) is 2.89. The Morgan fingerprint density at radius 2 is 2.29 bits per heavy atom. The number of rotatable bonds is 5.